The van der Waals surface area contributed by atoms with Crippen molar-refractivity contribution < 1.29 is 9.53 Å². The first-order chi connectivity index (χ1) is 8.45. The van der Waals surface area contributed by atoms with Gasteiger partial charge in [0.2, 0.25) is 0 Å². The van der Waals surface area contributed by atoms with E-state index in [4.69, 9.17) is 5.73 Å². The van der Waals surface area contributed by atoms with Crippen molar-refractivity contribution in [3.63, 3.8) is 0 Å². The number of rotatable bonds is 5. The molecule has 3 N–H and O–H groups in total. The van der Waals surface area contributed by atoms with Gasteiger partial charge < -0.3 is 15.8 Å². The van der Waals surface area contributed by atoms with Gasteiger partial charge in [-0.2, -0.15) is 0 Å². The molecular formula is C13H21N3O2. The topological polar surface area (TPSA) is 77.2 Å². The Hall–Kier alpha value is -1.62. The van der Waals surface area contributed by atoms with Gasteiger partial charge in [-0.3, -0.25) is 0 Å². The minimum absolute atomic E-state index is 0.0763. The summed E-state index contributed by atoms with van der Waals surface area (Å²) in [6, 6.07) is 3.54. The number of nitrogens with two attached hydrogens (primary N) is 1. The number of methoxy groups -OCH3 is 1. The zero-order valence-electron chi connectivity index (χ0n) is 11.4. The van der Waals surface area contributed by atoms with E-state index in [1.807, 2.05) is 0 Å². The number of nitrogens with zero attached hydrogens (tertiary/aromatic N) is 1. The third kappa shape index (κ3) is 3.70. The zero-order chi connectivity index (χ0) is 13.7. The molecule has 100 valence electrons. The number of hydrogen-bond donors (Lipinski definition) is 2. The smallest absolute Gasteiger partial charge is 0.339 e. The Morgan fingerprint density at radius 3 is 2.67 bits per heavy atom. The molecule has 0 aliphatic heterocycles. The van der Waals surface area contributed by atoms with Crippen molar-refractivity contribution in [3.8, 4) is 0 Å². The monoisotopic (exact) mass is 251 g/mol. The summed E-state index contributed by atoms with van der Waals surface area (Å²) in [7, 11) is 1.36. The van der Waals surface area contributed by atoms with Gasteiger partial charge in [0.05, 0.1) is 18.4 Å². The molecule has 0 fully saturated rings. The molecule has 0 saturated heterocycles. The van der Waals surface area contributed by atoms with Gasteiger partial charge in [-0.25, -0.2) is 9.78 Å². The lowest BCUT2D eigenvalue weighted by Crippen LogP contribution is -2.34. The van der Waals surface area contributed by atoms with E-state index in [0.29, 0.717) is 23.7 Å². The van der Waals surface area contributed by atoms with E-state index in [2.05, 4.69) is 28.9 Å². The van der Waals surface area contributed by atoms with E-state index < -0.39 is 0 Å². The second-order valence-electron chi connectivity index (χ2n) is 4.61. The number of carbonyl (C=O) groups excluding carboxylic acids is 1. The number of nitrogens with one attached hydrogen (secondary N) is 1. The van der Waals surface area contributed by atoms with Crippen LogP contribution < -0.4 is 11.1 Å². The molecular weight excluding hydrogens is 230 g/mol. The number of hydrogen-bond acceptors (Lipinski definition) is 5. The third-order valence-electron chi connectivity index (χ3n) is 2.87. The molecule has 0 radical (unpaired) electrons. The summed E-state index contributed by atoms with van der Waals surface area (Å²) in [5, 5.41) is 3.16. The quantitative estimate of drug-likeness (QED) is 0.777. The largest absolute Gasteiger partial charge is 0.465 e. The molecule has 0 aromatic carbocycles. The van der Waals surface area contributed by atoms with E-state index in [1.165, 1.54) is 7.11 Å². The Labute approximate surface area is 108 Å². The fraction of sp³-hybridized carbons (Fsp3) is 0.538. The molecule has 0 amide bonds. The van der Waals surface area contributed by atoms with Gasteiger partial charge in [-0.1, -0.05) is 13.8 Å². The van der Waals surface area contributed by atoms with Crippen LogP contribution in [0.3, 0.4) is 0 Å². The molecule has 5 heteroatoms. The number of ether oxygens (including phenoxy) is 1. The lowest BCUT2D eigenvalue weighted by atomic mass is 10.1. The highest BCUT2D eigenvalue weighted by Crippen LogP contribution is 2.12. The Morgan fingerprint density at radius 1 is 1.50 bits per heavy atom. The van der Waals surface area contributed by atoms with Gasteiger partial charge in [0.15, 0.2) is 0 Å². The molecule has 0 spiro atoms. The zero-order valence-corrected chi connectivity index (χ0v) is 11.4. The van der Waals surface area contributed by atoms with E-state index >= 15 is 0 Å². The van der Waals surface area contributed by atoms with Crippen LogP contribution in [0, 0.1) is 12.8 Å². The average molecular weight is 251 g/mol. The van der Waals surface area contributed by atoms with Gasteiger partial charge in [0.1, 0.15) is 5.82 Å². The Balaban J connectivity index is 2.70. The van der Waals surface area contributed by atoms with Crippen molar-refractivity contribution >= 4 is 11.8 Å². The molecule has 1 heterocycles. The fourth-order valence-electron chi connectivity index (χ4n) is 1.44. The fourth-order valence-corrected chi connectivity index (χ4v) is 1.44. The van der Waals surface area contributed by atoms with Crippen LogP contribution >= 0.6 is 0 Å². The molecule has 0 aliphatic carbocycles. The van der Waals surface area contributed by atoms with Gasteiger partial charge in [0.25, 0.3) is 0 Å². The van der Waals surface area contributed by atoms with Crippen LogP contribution in [0.5, 0.6) is 0 Å². The van der Waals surface area contributed by atoms with Crippen LogP contribution in [-0.4, -0.2) is 30.6 Å². The molecule has 1 aromatic rings. The number of carbonyl (C=O) groups is 1. The van der Waals surface area contributed by atoms with E-state index in [-0.39, 0.29) is 12.0 Å². The number of pyridine rings is 1. The maximum Gasteiger partial charge on any atom is 0.339 e. The first-order valence-electron chi connectivity index (χ1n) is 6.01. The lowest BCUT2D eigenvalue weighted by Gasteiger charge is -2.16. The molecule has 18 heavy (non-hydrogen) atoms. The lowest BCUT2D eigenvalue weighted by molar-refractivity contribution is 0.0599. The van der Waals surface area contributed by atoms with Crippen LogP contribution in [0.4, 0.5) is 5.82 Å². The maximum atomic E-state index is 11.4. The molecule has 1 atom stereocenters. The first kappa shape index (κ1) is 14.4. The molecule has 1 unspecified atom stereocenters. The summed E-state index contributed by atoms with van der Waals surface area (Å²) in [6.45, 7) is 6.58. The highest BCUT2D eigenvalue weighted by Gasteiger charge is 2.11. The summed E-state index contributed by atoms with van der Waals surface area (Å²) in [5.74, 6) is 0.759. The summed E-state index contributed by atoms with van der Waals surface area (Å²) >= 11 is 0. The van der Waals surface area contributed by atoms with E-state index in [1.54, 1.807) is 19.1 Å². The predicted octanol–water partition coefficient (Wildman–Crippen LogP) is 1.57. The summed E-state index contributed by atoms with van der Waals surface area (Å²) in [4.78, 5) is 15.7. The van der Waals surface area contributed by atoms with Crippen molar-refractivity contribution in [2.75, 3.05) is 19.0 Å². The molecule has 5 nitrogen and oxygen atoms in total. The molecule has 1 aromatic heterocycles. The van der Waals surface area contributed by atoms with Crippen molar-refractivity contribution in [1.82, 2.24) is 4.98 Å². The average Bonchev–Trinajstić information content (AvgIpc) is 2.34. The van der Waals surface area contributed by atoms with Crippen LogP contribution in [0.2, 0.25) is 0 Å². The Bertz CT molecular complexity index is 419. The van der Waals surface area contributed by atoms with Gasteiger partial charge in [0, 0.05) is 12.6 Å². The maximum absolute atomic E-state index is 11.4. The third-order valence-corrected chi connectivity index (χ3v) is 2.87. The van der Waals surface area contributed by atoms with E-state index in [0.717, 1.165) is 5.82 Å². The van der Waals surface area contributed by atoms with Crippen LogP contribution in [0.1, 0.15) is 29.9 Å². The number of aryl methyl sites for hydroxylation is 1. The molecule has 1 rings (SSSR count). The highest BCUT2D eigenvalue weighted by atomic mass is 16.5. The minimum Gasteiger partial charge on any atom is -0.465 e. The second kappa shape index (κ2) is 6.35. The van der Waals surface area contributed by atoms with Crippen molar-refractivity contribution in [2.45, 2.75) is 26.8 Å². The summed E-state index contributed by atoms with van der Waals surface area (Å²) in [6.07, 6.45) is 0. The van der Waals surface area contributed by atoms with Gasteiger partial charge in [-0.05, 0) is 25.0 Å². The normalized spacial score (nSPS) is 12.3. The highest BCUT2D eigenvalue weighted by molar-refractivity contribution is 5.90. The van der Waals surface area contributed by atoms with Crippen molar-refractivity contribution in [1.29, 1.82) is 0 Å². The van der Waals surface area contributed by atoms with Crippen molar-refractivity contribution in [3.05, 3.63) is 23.4 Å². The standard InChI is InChI=1S/C13H21N3O2/c1-8(2)11(14)7-15-12-6-5-10(9(3)16-12)13(17)18-4/h5-6,8,11H,7,14H2,1-4H3,(H,15,16). The molecule has 0 bridgehead atoms. The van der Waals surface area contributed by atoms with Crippen LogP contribution in [0.25, 0.3) is 0 Å². The number of aromatic nitrogens is 1. The SMILES string of the molecule is COC(=O)c1ccc(NCC(N)C(C)C)nc1C. The van der Waals surface area contributed by atoms with Gasteiger partial charge in [-0.15, -0.1) is 0 Å². The summed E-state index contributed by atoms with van der Waals surface area (Å²) in [5.41, 5.74) is 7.06. The van der Waals surface area contributed by atoms with Crippen LogP contribution in [0.15, 0.2) is 12.1 Å². The minimum atomic E-state index is -0.370. The molecule has 0 saturated carbocycles. The second-order valence-corrected chi connectivity index (χ2v) is 4.61. The number of anilines is 1. The van der Waals surface area contributed by atoms with E-state index in [9.17, 15) is 4.79 Å². The Kier molecular flexibility index (Phi) is 5.09. The first-order valence-corrected chi connectivity index (χ1v) is 6.01. The molecule has 0 aliphatic rings. The van der Waals surface area contributed by atoms with Crippen molar-refractivity contribution in [2.24, 2.45) is 11.7 Å². The number of esters is 1. The Morgan fingerprint density at radius 2 is 2.17 bits per heavy atom. The van der Waals surface area contributed by atoms with Gasteiger partial charge >= 0.3 is 5.97 Å². The predicted molar refractivity (Wildman–Crippen MR) is 71.6 cm³/mol. The summed E-state index contributed by atoms with van der Waals surface area (Å²) < 4.78 is 4.67. The van der Waals surface area contributed by atoms with Crippen LogP contribution in [-0.2, 0) is 4.74 Å².